The molecule has 1 aromatic heterocycles. The summed E-state index contributed by atoms with van der Waals surface area (Å²) >= 11 is 0. The maximum absolute atomic E-state index is 9.69. The zero-order chi connectivity index (χ0) is 13.2. The summed E-state index contributed by atoms with van der Waals surface area (Å²) < 4.78 is 0. The number of aliphatic hydroxyl groups is 1. The maximum atomic E-state index is 9.69. The van der Waals surface area contributed by atoms with Gasteiger partial charge in [-0.2, -0.15) is 9.97 Å². The van der Waals surface area contributed by atoms with Crippen molar-refractivity contribution in [2.24, 2.45) is 5.92 Å². The molecule has 0 radical (unpaired) electrons. The normalized spacial score (nSPS) is 28.0. The van der Waals surface area contributed by atoms with Crippen LogP contribution in [0.5, 0.6) is 0 Å². The summed E-state index contributed by atoms with van der Waals surface area (Å²) in [6.45, 7) is 2.29. The van der Waals surface area contributed by atoms with Crippen molar-refractivity contribution in [3.05, 3.63) is 6.07 Å². The first-order valence-electron chi connectivity index (χ1n) is 6.32. The minimum Gasteiger partial charge on any atom is -0.394 e. The van der Waals surface area contributed by atoms with Gasteiger partial charge in [0, 0.05) is 6.07 Å². The van der Waals surface area contributed by atoms with Crippen LogP contribution in [-0.2, 0) is 0 Å². The van der Waals surface area contributed by atoms with Crippen LogP contribution < -0.4 is 16.8 Å². The predicted octanol–water partition coefficient (Wildman–Crippen LogP) is 0.994. The number of nitrogens with one attached hydrogen (secondary N) is 1. The Balaban J connectivity index is 2.18. The number of nitrogens with two attached hydrogens (primary N) is 2. The van der Waals surface area contributed by atoms with Gasteiger partial charge in [-0.05, 0) is 18.8 Å². The van der Waals surface area contributed by atoms with E-state index in [-0.39, 0.29) is 18.1 Å². The molecule has 6 nitrogen and oxygen atoms in total. The van der Waals surface area contributed by atoms with Gasteiger partial charge in [-0.15, -0.1) is 0 Å². The third kappa shape index (κ3) is 2.81. The number of hydrogen-bond donors (Lipinski definition) is 4. The molecule has 1 aliphatic carbocycles. The Hall–Kier alpha value is -1.56. The number of hydrogen-bond acceptors (Lipinski definition) is 6. The first-order valence-corrected chi connectivity index (χ1v) is 6.32. The number of nitrogens with zero attached hydrogens (tertiary/aromatic N) is 2. The average molecular weight is 251 g/mol. The lowest BCUT2D eigenvalue weighted by atomic mass is 9.77. The predicted molar refractivity (Wildman–Crippen MR) is 71.9 cm³/mol. The van der Waals surface area contributed by atoms with Crippen molar-refractivity contribution in [3.8, 4) is 0 Å². The molecule has 1 fully saturated rings. The molecule has 0 amide bonds. The van der Waals surface area contributed by atoms with E-state index in [0.29, 0.717) is 17.6 Å². The van der Waals surface area contributed by atoms with Crippen molar-refractivity contribution in [2.75, 3.05) is 23.4 Å². The second-order valence-corrected chi connectivity index (χ2v) is 5.30. The van der Waals surface area contributed by atoms with Gasteiger partial charge in [-0.25, -0.2) is 0 Å². The standard InChI is InChI=1S/C12H21N5O/c1-8-3-2-4-12(6-8,7-18)17-10-5-9(13)15-11(14)16-10/h5,8,18H,2-4,6-7H2,1H3,(H5,13,14,15,16,17). The van der Waals surface area contributed by atoms with Crippen LogP contribution in [0.2, 0.25) is 0 Å². The Morgan fingerprint density at radius 3 is 2.89 bits per heavy atom. The third-order valence-electron chi connectivity index (χ3n) is 3.55. The van der Waals surface area contributed by atoms with Crippen LogP contribution in [0, 0.1) is 5.92 Å². The summed E-state index contributed by atoms with van der Waals surface area (Å²) in [6.07, 6.45) is 4.16. The molecule has 6 N–H and O–H groups in total. The van der Waals surface area contributed by atoms with Crippen molar-refractivity contribution in [1.29, 1.82) is 0 Å². The summed E-state index contributed by atoms with van der Waals surface area (Å²) in [7, 11) is 0. The van der Waals surface area contributed by atoms with Gasteiger partial charge < -0.3 is 21.9 Å². The van der Waals surface area contributed by atoms with Crippen molar-refractivity contribution in [3.63, 3.8) is 0 Å². The first-order chi connectivity index (χ1) is 8.53. The molecule has 1 saturated carbocycles. The number of aromatic nitrogens is 2. The lowest BCUT2D eigenvalue weighted by Gasteiger charge is -2.39. The van der Waals surface area contributed by atoms with Crippen LogP contribution in [-0.4, -0.2) is 27.2 Å². The summed E-state index contributed by atoms with van der Waals surface area (Å²) in [5.41, 5.74) is 10.9. The molecule has 1 aromatic rings. The molecule has 0 spiro atoms. The van der Waals surface area contributed by atoms with Crippen LogP contribution in [0.3, 0.4) is 0 Å². The monoisotopic (exact) mass is 251 g/mol. The van der Waals surface area contributed by atoms with E-state index < -0.39 is 0 Å². The van der Waals surface area contributed by atoms with Gasteiger partial charge in [0.05, 0.1) is 12.1 Å². The molecule has 18 heavy (non-hydrogen) atoms. The number of anilines is 3. The van der Waals surface area contributed by atoms with Crippen molar-refractivity contribution in [1.82, 2.24) is 9.97 Å². The molecule has 1 aliphatic rings. The van der Waals surface area contributed by atoms with E-state index in [9.17, 15) is 5.11 Å². The van der Waals surface area contributed by atoms with Gasteiger partial charge in [-0.3, -0.25) is 0 Å². The highest BCUT2D eigenvalue weighted by atomic mass is 16.3. The largest absolute Gasteiger partial charge is 0.394 e. The molecule has 0 aliphatic heterocycles. The Kier molecular flexibility index (Phi) is 3.56. The van der Waals surface area contributed by atoms with Crippen molar-refractivity contribution >= 4 is 17.6 Å². The second kappa shape index (κ2) is 4.97. The zero-order valence-corrected chi connectivity index (χ0v) is 10.7. The van der Waals surface area contributed by atoms with Gasteiger partial charge >= 0.3 is 0 Å². The minimum absolute atomic E-state index is 0.0845. The second-order valence-electron chi connectivity index (χ2n) is 5.30. The van der Waals surface area contributed by atoms with Gasteiger partial charge in [0.1, 0.15) is 11.6 Å². The topological polar surface area (TPSA) is 110 Å². The highest BCUT2D eigenvalue weighted by Gasteiger charge is 2.34. The fourth-order valence-electron chi connectivity index (χ4n) is 2.78. The minimum atomic E-state index is -0.315. The van der Waals surface area contributed by atoms with Crippen LogP contribution in [0.25, 0.3) is 0 Å². The Morgan fingerprint density at radius 1 is 1.50 bits per heavy atom. The molecular weight excluding hydrogens is 230 g/mol. The smallest absolute Gasteiger partial charge is 0.223 e. The Morgan fingerprint density at radius 2 is 2.28 bits per heavy atom. The van der Waals surface area contributed by atoms with Crippen LogP contribution in [0.15, 0.2) is 6.07 Å². The molecule has 0 saturated heterocycles. The Bertz CT molecular complexity index is 405. The molecule has 1 heterocycles. The van der Waals surface area contributed by atoms with Crippen molar-refractivity contribution in [2.45, 2.75) is 38.1 Å². The first kappa shape index (κ1) is 12.9. The van der Waals surface area contributed by atoms with Gasteiger partial charge in [0.15, 0.2) is 0 Å². The highest BCUT2D eigenvalue weighted by molar-refractivity contribution is 5.50. The van der Waals surface area contributed by atoms with E-state index in [4.69, 9.17) is 11.5 Å². The molecule has 2 atom stereocenters. The van der Waals surface area contributed by atoms with E-state index in [1.807, 2.05) is 0 Å². The number of rotatable bonds is 3. The summed E-state index contributed by atoms with van der Waals surface area (Å²) in [5.74, 6) is 1.66. The van der Waals surface area contributed by atoms with Crippen molar-refractivity contribution < 1.29 is 5.11 Å². The van der Waals surface area contributed by atoms with Gasteiger partial charge in [0.2, 0.25) is 5.95 Å². The van der Waals surface area contributed by atoms with Crippen LogP contribution in [0.4, 0.5) is 17.6 Å². The summed E-state index contributed by atoms with van der Waals surface area (Å²) in [4.78, 5) is 7.94. The molecule has 2 rings (SSSR count). The number of nitrogen functional groups attached to an aromatic ring is 2. The lowest BCUT2D eigenvalue weighted by molar-refractivity contribution is 0.149. The number of aliphatic hydroxyl groups excluding tert-OH is 1. The van der Waals surface area contributed by atoms with Crippen LogP contribution in [0.1, 0.15) is 32.6 Å². The quantitative estimate of drug-likeness (QED) is 0.638. The van der Waals surface area contributed by atoms with E-state index in [0.717, 1.165) is 19.3 Å². The van der Waals surface area contributed by atoms with Crippen LogP contribution >= 0.6 is 0 Å². The van der Waals surface area contributed by atoms with E-state index in [1.54, 1.807) is 6.07 Å². The van der Waals surface area contributed by atoms with E-state index in [2.05, 4.69) is 22.2 Å². The molecule has 6 heteroatoms. The summed E-state index contributed by atoms with van der Waals surface area (Å²) in [6, 6.07) is 1.65. The third-order valence-corrected chi connectivity index (χ3v) is 3.55. The highest BCUT2D eigenvalue weighted by Crippen LogP contribution is 2.34. The van der Waals surface area contributed by atoms with E-state index >= 15 is 0 Å². The molecular formula is C12H21N5O. The zero-order valence-electron chi connectivity index (χ0n) is 10.7. The Labute approximate surface area is 107 Å². The maximum Gasteiger partial charge on any atom is 0.223 e. The fraction of sp³-hybridized carbons (Fsp3) is 0.667. The molecule has 100 valence electrons. The SMILES string of the molecule is CC1CCCC(CO)(Nc2cc(N)nc(N)n2)C1. The summed E-state index contributed by atoms with van der Waals surface area (Å²) in [5, 5.41) is 13.0. The fourth-order valence-corrected chi connectivity index (χ4v) is 2.78. The van der Waals surface area contributed by atoms with Gasteiger partial charge in [-0.1, -0.05) is 19.8 Å². The average Bonchev–Trinajstić information content (AvgIpc) is 2.27. The molecule has 2 unspecified atom stereocenters. The molecule has 0 aromatic carbocycles. The van der Waals surface area contributed by atoms with Gasteiger partial charge in [0.25, 0.3) is 0 Å². The molecule has 0 bridgehead atoms. The lowest BCUT2D eigenvalue weighted by Crippen LogP contribution is -2.46. The van der Waals surface area contributed by atoms with E-state index in [1.165, 1.54) is 6.42 Å².